The number of ether oxygens (including phenoxy) is 2. The van der Waals surface area contributed by atoms with Crippen molar-refractivity contribution in [3.05, 3.63) is 59.4 Å². The molecule has 0 aliphatic rings. The molecule has 0 spiro atoms. The molecule has 6 heteroatoms. The molecular weight excluding hydrogens is 301 g/mol. The Bertz CT molecular complexity index is 713. The monoisotopic (exact) mass is 317 g/mol. The first-order valence-corrected chi connectivity index (χ1v) is 6.87. The van der Waals surface area contributed by atoms with Gasteiger partial charge in [0.2, 0.25) is 0 Å². The van der Waals surface area contributed by atoms with Gasteiger partial charge in [0.15, 0.2) is 6.61 Å². The number of nitrogens with one attached hydrogen (secondary N) is 1. The van der Waals surface area contributed by atoms with Crippen LogP contribution >= 0.6 is 0 Å². The van der Waals surface area contributed by atoms with Crippen LogP contribution in [0.2, 0.25) is 0 Å². The lowest BCUT2D eigenvalue weighted by Crippen LogP contribution is -2.21. The molecule has 0 heterocycles. The van der Waals surface area contributed by atoms with Crippen LogP contribution in [-0.4, -0.2) is 25.6 Å². The lowest BCUT2D eigenvalue weighted by Gasteiger charge is -2.09. The quantitative estimate of drug-likeness (QED) is 0.861. The largest absolute Gasteiger partial charge is 0.497 e. The van der Waals surface area contributed by atoms with E-state index < -0.39 is 24.3 Å². The summed E-state index contributed by atoms with van der Waals surface area (Å²) in [7, 11) is 1.53. The standard InChI is InChI=1S/C17H16FNO4/c1-11-9-14(22-2)7-8-15(11)17(21)23-10-16(20)19-13-5-3-12(18)4-6-13/h3-9H,10H2,1-2H3,(H,19,20). The molecule has 2 aromatic rings. The molecule has 0 saturated heterocycles. The summed E-state index contributed by atoms with van der Waals surface area (Å²) < 4.78 is 22.8. The molecule has 0 fully saturated rings. The maximum absolute atomic E-state index is 12.8. The highest BCUT2D eigenvalue weighted by atomic mass is 19.1. The molecule has 2 aromatic carbocycles. The molecule has 0 aromatic heterocycles. The Hall–Kier alpha value is -2.89. The second kappa shape index (κ2) is 7.40. The van der Waals surface area contributed by atoms with Crippen LogP contribution in [0, 0.1) is 12.7 Å². The first-order chi connectivity index (χ1) is 11.0. The molecule has 0 unspecified atom stereocenters. The van der Waals surface area contributed by atoms with Gasteiger partial charge in [-0.15, -0.1) is 0 Å². The van der Waals surface area contributed by atoms with Gasteiger partial charge in [0.25, 0.3) is 5.91 Å². The number of hydrogen-bond donors (Lipinski definition) is 1. The van der Waals surface area contributed by atoms with E-state index in [0.717, 1.165) is 0 Å². The maximum atomic E-state index is 12.8. The Morgan fingerprint density at radius 2 is 1.83 bits per heavy atom. The fraction of sp³-hybridized carbons (Fsp3) is 0.176. The van der Waals surface area contributed by atoms with Gasteiger partial charge in [0, 0.05) is 5.69 Å². The van der Waals surface area contributed by atoms with E-state index in [9.17, 15) is 14.0 Å². The minimum absolute atomic E-state index is 0.361. The summed E-state index contributed by atoms with van der Waals surface area (Å²) in [6, 6.07) is 10.2. The predicted molar refractivity (Wildman–Crippen MR) is 83.0 cm³/mol. The fourth-order valence-corrected chi connectivity index (χ4v) is 1.93. The molecular formula is C17H16FNO4. The summed E-state index contributed by atoms with van der Waals surface area (Å²) in [5.41, 5.74) is 1.47. The lowest BCUT2D eigenvalue weighted by molar-refractivity contribution is -0.119. The van der Waals surface area contributed by atoms with Crippen molar-refractivity contribution in [2.24, 2.45) is 0 Å². The molecule has 5 nitrogen and oxygen atoms in total. The van der Waals surface area contributed by atoms with Crippen molar-refractivity contribution >= 4 is 17.6 Å². The molecule has 0 atom stereocenters. The molecule has 0 radical (unpaired) electrons. The summed E-state index contributed by atoms with van der Waals surface area (Å²) in [5, 5.41) is 2.51. The number of benzene rings is 2. The molecule has 2 rings (SSSR count). The molecule has 1 amide bonds. The van der Waals surface area contributed by atoms with Crippen molar-refractivity contribution < 1.29 is 23.5 Å². The Kier molecular flexibility index (Phi) is 5.30. The first-order valence-electron chi connectivity index (χ1n) is 6.87. The van der Waals surface area contributed by atoms with Gasteiger partial charge < -0.3 is 14.8 Å². The van der Waals surface area contributed by atoms with Crippen LogP contribution in [0.1, 0.15) is 15.9 Å². The Balaban J connectivity index is 1.91. The molecule has 23 heavy (non-hydrogen) atoms. The van der Waals surface area contributed by atoms with Crippen molar-refractivity contribution in [3.8, 4) is 5.75 Å². The van der Waals surface area contributed by atoms with Crippen LogP contribution in [0.4, 0.5) is 10.1 Å². The van der Waals surface area contributed by atoms with E-state index in [4.69, 9.17) is 9.47 Å². The van der Waals surface area contributed by atoms with Crippen LogP contribution in [0.25, 0.3) is 0 Å². The third kappa shape index (κ3) is 4.54. The Morgan fingerprint density at radius 3 is 2.43 bits per heavy atom. The molecule has 0 saturated carbocycles. The molecule has 0 aliphatic heterocycles. The van der Waals surface area contributed by atoms with Gasteiger partial charge in [-0.2, -0.15) is 0 Å². The van der Waals surface area contributed by atoms with Gasteiger partial charge >= 0.3 is 5.97 Å². The summed E-state index contributed by atoms with van der Waals surface area (Å²) >= 11 is 0. The highest BCUT2D eigenvalue weighted by molar-refractivity contribution is 5.96. The van der Waals surface area contributed by atoms with Gasteiger partial charge in [0.1, 0.15) is 11.6 Å². The van der Waals surface area contributed by atoms with Crippen molar-refractivity contribution in [2.75, 3.05) is 19.0 Å². The number of esters is 1. The maximum Gasteiger partial charge on any atom is 0.338 e. The average Bonchev–Trinajstić information content (AvgIpc) is 2.54. The molecule has 120 valence electrons. The van der Waals surface area contributed by atoms with Crippen molar-refractivity contribution in [2.45, 2.75) is 6.92 Å². The number of rotatable bonds is 5. The second-order valence-corrected chi connectivity index (χ2v) is 4.81. The van der Waals surface area contributed by atoms with Crippen LogP contribution < -0.4 is 10.1 Å². The highest BCUT2D eigenvalue weighted by Gasteiger charge is 2.13. The number of carbonyl (C=O) groups is 2. The van der Waals surface area contributed by atoms with Crippen LogP contribution in [0.5, 0.6) is 5.75 Å². The van der Waals surface area contributed by atoms with Gasteiger partial charge in [-0.05, 0) is 55.0 Å². The summed E-state index contributed by atoms with van der Waals surface area (Å²) in [4.78, 5) is 23.7. The minimum Gasteiger partial charge on any atom is -0.497 e. The number of carbonyl (C=O) groups excluding carboxylic acids is 2. The van der Waals surface area contributed by atoms with Crippen molar-refractivity contribution in [1.29, 1.82) is 0 Å². The van der Waals surface area contributed by atoms with Gasteiger partial charge in [0.05, 0.1) is 12.7 Å². The molecule has 0 aliphatic carbocycles. The number of aryl methyl sites for hydroxylation is 1. The Morgan fingerprint density at radius 1 is 1.13 bits per heavy atom. The predicted octanol–water partition coefficient (Wildman–Crippen LogP) is 2.94. The zero-order valence-corrected chi connectivity index (χ0v) is 12.8. The summed E-state index contributed by atoms with van der Waals surface area (Å²) in [6.07, 6.45) is 0. The third-order valence-corrected chi connectivity index (χ3v) is 3.12. The fourth-order valence-electron chi connectivity index (χ4n) is 1.93. The van der Waals surface area contributed by atoms with Crippen molar-refractivity contribution in [3.63, 3.8) is 0 Å². The number of hydrogen-bond acceptors (Lipinski definition) is 4. The van der Waals surface area contributed by atoms with Crippen LogP contribution in [0.15, 0.2) is 42.5 Å². The van der Waals surface area contributed by atoms with E-state index in [1.807, 2.05) is 0 Å². The van der Waals surface area contributed by atoms with E-state index in [-0.39, 0.29) is 0 Å². The zero-order chi connectivity index (χ0) is 16.8. The average molecular weight is 317 g/mol. The lowest BCUT2D eigenvalue weighted by atomic mass is 10.1. The molecule has 1 N–H and O–H groups in total. The molecule has 0 bridgehead atoms. The first kappa shape index (κ1) is 16.5. The van der Waals surface area contributed by atoms with Gasteiger partial charge in [-0.3, -0.25) is 4.79 Å². The van der Waals surface area contributed by atoms with E-state index >= 15 is 0 Å². The zero-order valence-electron chi connectivity index (χ0n) is 12.8. The summed E-state index contributed by atoms with van der Waals surface area (Å²) in [6.45, 7) is 1.32. The van der Waals surface area contributed by atoms with E-state index in [1.165, 1.54) is 31.4 Å². The van der Waals surface area contributed by atoms with Crippen molar-refractivity contribution in [1.82, 2.24) is 0 Å². The number of halogens is 1. The highest BCUT2D eigenvalue weighted by Crippen LogP contribution is 2.17. The third-order valence-electron chi connectivity index (χ3n) is 3.12. The normalized spacial score (nSPS) is 10.0. The SMILES string of the molecule is COc1ccc(C(=O)OCC(=O)Nc2ccc(F)cc2)c(C)c1. The second-order valence-electron chi connectivity index (χ2n) is 4.81. The van der Waals surface area contributed by atoms with E-state index in [2.05, 4.69) is 5.32 Å². The minimum atomic E-state index is -0.598. The topological polar surface area (TPSA) is 64.6 Å². The number of amides is 1. The number of methoxy groups -OCH3 is 1. The smallest absolute Gasteiger partial charge is 0.338 e. The van der Waals surface area contributed by atoms with Gasteiger partial charge in [-0.1, -0.05) is 0 Å². The van der Waals surface area contributed by atoms with Crippen LogP contribution in [0.3, 0.4) is 0 Å². The number of anilines is 1. The van der Waals surface area contributed by atoms with Gasteiger partial charge in [-0.25, -0.2) is 9.18 Å². The van der Waals surface area contributed by atoms with E-state index in [0.29, 0.717) is 22.6 Å². The summed E-state index contributed by atoms with van der Waals surface area (Å²) in [5.74, 6) is -0.868. The Labute approximate surface area is 133 Å². The van der Waals surface area contributed by atoms with Crippen LogP contribution in [-0.2, 0) is 9.53 Å². The van der Waals surface area contributed by atoms with E-state index in [1.54, 1.807) is 25.1 Å².